The van der Waals surface area contributed by atoms with E-state index >= 15 is 0 Å². The molecule has 1 saturated heterocycles. The van der Waals surface area contributed by atoms with Crippen LogP contribution in [0.15, 0.2) is 12.1 Å². The van der Waals surface area contributed by atoms with Crippen molar-refractivity contribution in [2.45, 2.75) is 37.6 Å². The van der Waals surface area contributed by atoms with Crippen LogP contribution in [0.1, 0.15) is 32.1 Å². The molecule has 0 unspecified atom stereocenters. The van der Waals surface area contributed by atoms with Crippen LogP contribution in [-0.4, -0.2) is 61.0 Å². The number of nitrogens with zero attached hydrogens (tertiary/aromatic N) is 2. The Hall–Kier alpha value is -2.48. The number of methoxy groups -OCH3 is 2. The van der Waals surface area contributed by atoms with E-state index in [2.05, 4.69) is 5.32 Å². The number of amides is 4. The molecule has 0 radical (unpaired) electrons. The first-order chi connectivity index (χ1) is 13.3. The molecule has 0 aromatic heterocycles. The van der Waals surface area contributed by atoms with Gasteiger partial charge in [0.25, 0.3) is 5.91 Å². The van der Waals surface area contributed by atoms with Gasteiger partial charge in [-0.05, 0) is 12.8 Å². The summed E-state index contributed by atoms with van der Waals surface area (Å²) in [6.45, 7) is -0.363. The van der Waals surface area contributed by atoms with Crippen molar-refractivity contribution in [3.8, 4) is 11.5 Å². The van der Waals surface area contributed by atoms with E-state index in [1.54, 1.807) is 7.05 Å². The summed E-state index contributed by atoms with van der Waals surface area (Å²) in [5, 5.41) is 3.01. The summed E-state index contributed by atoms with van der Waals surface area (Å²) in [6, 6.07) is 2.61. The maximum Gasteiger partial charge on any atom is 0.327 e. The summed E-state index contributed by atoms with van der Waals surface area (Å²) < 4.78 is 10.4. The highest BCUT2D eigenvalue weighted by Crippen LogP contribution is 2.39. The van der Waals surface area contributed by atoms with Gasteiger partial charge in [0.2, 0.25) is 5.91 Å². The molecule has 4 amide bonds. The van der Waals surface area contributed by atoms with Gasteiger partial charge in [-0.25, -0.2) is 4.79 Å². The first-order valence-corrected chi connectivity index (χ1v) is 9.53. The molecule has 1 N–H and O–H groups in total. The van der Waals surface area contributed by atoms with Gasteiger partial charge in [-0.1, -0.05) is 30.9 Å². The minimum absolute atomic E-state index is 0.296. The van der Waals surface area contributed by atoms with Crippen LogP contribution in [0.2, 0.25) is 5.02 Å². The number of ether oxygens (including phenoxy) is 2. The van der Waals surface area contributed by atoms with E-state index < -0.39 is 17.5 Å². The predicted octanol–water partition coefficient (Wildman–Crippen LogP) is 2.89. The van der Waals surface area contributed by atoms with E-state index in [-0.39, 0.29) is 12.5 Å². The number of rotatable bonds is 5. The van der Waals surface area contributed by atoms with Gasteiger partial charge in [-0.3, -0.25) is 14.5 Å². The molecular weight excluding hydrogens is 386 g/mol. The molecule has 152 valence electrons. The number of halogens is 1. The number of imide groups is 1. The molecule has 1 spiro atoms. The molecule has 9 heteroatoms. The fourth-order valence-electron chi connectivity index (χ4n) is 3.96. The second-order valence-corrected chi connectivity index (χ2v) is 7.47. The van der Waals surface area contributed by atoms with Crippen LogP contribution in [0.4, 0.5) is 10.5 Å². The van der Waals surface area contributed by atoms with Crippen LogP contribution in [0.3, 0.4) is 0 Å². The Bertz CT molecular complexity index is 807. The number of carbonyl (C=O) groups excluding carboxylic acids is 3. The summed E-state index contributed by atoms with van der Waals surface area (Å²) in [7, 11) is 4.54. The number of anilines is 1. The smallest absolute Gasteiger partial charge is 0.327 e. The Morgan fingerprint density at radius 3 is 2.39 bits per heavy atom. The normalized spacial score (nSPS) is 18.6. The third-order valence-electron chi connectivity index (χ3n) is 5.53. The van der Waals surface area contributed by atoms with Gasteiger partial charge in [0.1, 0.15) is 23.6 Å². The molecule has 2 fully saturated rings. The van der Waals surface area contributed by atoms with Crippen LogP contribution in [0.25, 0.3) is 0 Å². The van der Waals surface area contributed by atoms with Crippen molar-refractivity contribution in [2.75, 3.05) is 33.1 Å². The van der Waals surface area contributed by atoms with Crippen molar-refractivity contribution in [3.63, 3.8) is 0 Å². The highest BCUT2D eigenvalue weighted by Gasteiger charge is 2.55. The molecule has 1 saturated carbocycles. The topological polar surface area (TPSA) is 88.2 Å². The highest BCUT2D eigenvalue weighted by atomic mass is 35.5. The van der Waals surface area contributed by atoms with Gasteiger partial charge >= 0.3 is 6.03 Å². The lowest BCUT2D eigenvalue weighted by Crippen LogP contribution is -2.49. The lowest BCUT2D eigenvalue weighted by atomic mass is 9.81. The number of benzene rings is 1. The Kier molecular flexibility index (Phi) is 5.69. The second-order valence-electron chi connectivity index (χ2n) is 7.06. The van der Waals surface area contributed by atoms with Crippen molar-refractivity contribution >= 4 is 35.1 Å². The van der Waals surface area contributed by atoms with Crippen LogP contribution in [-0.2, 0) is 9.59 Å². The molecule has 1 aliphatic heterocycles. The third-order valence-corrected chi connectivity index (χ3v) is 5.83. The van der Waals surface area contributed by atoms with Crippen LogP contribution in [0.5, 0.6) is 11.5 Å². The Morgan fingerprint density at radius 1 is 1.14 bits per heavy atom. The maximum absolute atomic E-state index is 13.0. The number of urea groups is 1. The Morgan fingerprint density at radius 2 is 1.79 bits per heavy atom. The zero-order chi connectivity index (χ0) is 20.5. The van der Waals surface area contributed by atoms with Crippen molar-refractivity contribution < 1.29 is 23.9 Å². The lowest BCUT2D eigenvalue weighted by molar-refractivity contribution is -0.136. The monoisotopic (exact) mass is 409 g/mol. The van der Waals surface area contributed by atoms with E-state index in [1.807, 2.05) is 0 Å². The number of nitrogens with one attached hydrogen (secondary N) is 1. The standard InChI is InChI=1S/C19H24ClN3O5/c1-22-18(26)23(17(25)19(22)7-5-4-6-8-19)11-16(24)21-13-10-14(27-2)12(20)9-15(13)28-3/h9-10H,4-8,11H2,1-3H3,(H,21,24). The zero-order valence-corrected chi connectivity index (χ0v) is 17.0. The Labute approximate surface area is 168 Å². The molecule has 0 bridgehead atoms. The predicted molar refractivity (Wildman–Crippen MR) is 104 cm³/mol. The zero-order valence-electron chi connectivity index (χ0n) is 16.2. The minimum Gasteiger partial charge on any atom is -0.495 e. The minimum atomic E-state index is -0.809. The molecule has 28 heavy (non-hydrogen) atoms. The molecule has 3 rings (SSSR count). The summed E-state index contributed by atoms with van der Waals surface area (Å²) >= 11 is 6.07. The molecule has 1 aromatic rings. The van der Waals surface area contributed by atoms with E-state index in [0.717, 1.165) is 24.2 Å². The molecule has 8 nitrogen and oxygen atoms in total. The number of carbonyl (C=O) groups is 3. The summed E-state index contributed by atoms with van der Waals surface area (Å²) in [6.07, 6.45) is 4.11. The second kappa shape index (κ2) is 7.87. The van der Waals surface area contributed by atoms with Gasteiger partial charge in [0, 0.05) is 19.2 Å². The SMILES string of the molecule is COc1cc(NC(=O)CN2C(=O)N(C)C3(CCCCC3)C2=O)c(OC)cc1Cl. The molecule has 1 heterocycles. The third kappa shape index (κ3) is 3.37. The van der Waals surface area contributed by atoms with Crippen molar-refractivity contribution in [3.05, 3.63) is 17.2 Å². The molecule has 0 atom stereocenters. The molecule has 1 aromatic carbocycles. The largest absolute Gasteiger partial charge is 0.495 e. The average Bonchev–Trinajstić information content (AvgIpc) is 2.86. The van der Waals surface area contributed by atoms with Gasteiger partial charge in [-0.15, -0.1) is 0 Å². The van der Waals surface area contributed by atoms with Crippen LogP contribution in [0, 0.1) is 0 Å². The van der Waals surface area contributed by atoms with E-state index in [1.165, 1.54) is 31.3 Å². The van der Waals surface area contributed by atoms with Crippen molar-refractivity contribution in [2.24, 2.45) is 0 Å². The van der Waals surface area contributed by atoms with Gasteiger partial charge in [0.15, 0.2) is 0 Å². The lowest BCUT2D eigenvalue weighted by Gasteiger charge is -2.35. The number of hydrogen-bond donors (Lipinski definition) is 1. The van der Waals surface area contributed by atoms with Gasteiger partial charge in [0.05, 0.1) is 24.9 Å². The highest BCUT2D eigenvalue weighted by molar-refractivity contribution is 6.32. The van der Waals surface area contributed by atoms with Gasteiger partial charge in [-0.2, -0.15) is 0 Å². The first-order valence-electron chi connectivity index (χ1n) is 9.15. The van der Waals surface area contributed by atoms with E-state index in [0.29, 0.717) is 35.1 Å². The first kappa shape index (κ1) is 20.3. The van der Waals surface area contributed by atoms with Gasteiger partial charge < -0.3 is 19.7 Å². The summed E-state index contributed by atoms with van der Waals surface area (Å²) in [4.78, 5) is 40.7. The Balaban J connectivity index is 1.77. The summed E-state index contributed by atoms with van der Waals surface area (Å²) in [5.74, 6) is -0.0905. The molecule has 1 aliphatic carbocycles. The fourth-order valence-corrected chi connectivity index (χ4v) is 4.19. The fraction of sp³-hybridized carbons (Fsp3) is 0.526. The van der Waals surface area contributed by atoms with E-state index in [4.69, 9.17) is 21.1 Å². The summed E-state index contributed by atoms with van der Waals surface area (Å²) in [5.41, 5.74) is -0.467. The number of hydrogen-bond acceptors (Lipinski definition) is 5. The van der Waals surface area contributed by atoms with Crippen LogP contribution < -0.4 is 14.8 Å². The van der Waals surface area contributed by atoms with Crippen molar-refractivity contribution in [1.82, 2.24) is 9.80 Å². The average molecular weight is 410 g/mol. The quantitative estimate of drug-likeness (QED) is 0.755. The molecule has 2 aliphatic rings. The van der Waals surface area contributed by atoms with E-state index in [9.17, 15) is 14.4 Å². The molecular formula is C19H24ClN3O5. The maximum atomic E-state index is 13.0. The van der Waals surface area contributed by atoms with Crippen molar-refractivity contribution in [1.29, 1.82) is 0 Å². The van der Waals surface area contributed by atoms with Crippen LogP contribution >= 0.6 is 11.6 Å². The number of likely N-dealkylation sites (N-methyl/N-ethyl adjacent to an activating group) is 1.